The van der Waals surface area contributed by atoms with E-state index in [1.54, 1.807) is 0 Å². The smallest absolute Gasteiger partial charge is 0.306 e. The van der Waals surface area contributed by atoms with E-state index >= 15 is 0 Å². The van der Waals surface area contributed by atoms with Crippen molar-refractivity contribution in [3.63, 3.8) is 0 Å². The van der Waals surface area contributed by atoms with Crippen LogP contribution < -0.4 is 0 Å². The van der Waals surface area contributed by atoms with Crippen molar-refractivity contribution in [2.75, 3.05) is 13.2 Å². The Morgan fingerprint density at radius 1 is 0.256 bits per heavy atom. The van der Waals surface area contributed by atoms with Crippen molar-refractivity contribution >= 4 is 17.9 Å². The van der Waals surface area contributed by atoms with Crippen LogP contribution in [0.5, 0.6) is 0 Å². The van der Waals surface area contributed by atoms with Crippen LogP contribution in [0.4, 0.5) is 0 Å². The Balaban J connectivity index is 4.50. The van der Waals surface area contributed by atoms with Gasteiger partial charge in [-0.05, 0) is 148 Å². The van der Waals surface area contributed by atoms with Crippen LogP contribution in [0.3, 0.4) is 0 Å². The van der Waals surface area contributed by atoms with Crippen LogP contribution in [0.25, 0.3) is 0 Å². The van der Waals surface area contributed by atoms with Gasteiger partial charge in [0, 0.05) is 19.3 Å². The van der Waals surface area contributed by atoms with Crippen LogP contribution in [-0.2, 0) is 28.6 Å². The average Bonchev–Trinajstić information content (AvgIpc) is 3.47. The highest BCUT2D eigenvalue weighted by Gasteiger charge is 2.19. The highest BCUT2D eigenvalue weighted by atomic mass is 16.6. The van der Waals surface area contributed by atoms with Gasteiger partial charge in [0.25, 0.3) is 0 Å². The summed E-state index contributed by atoms with van der Waals surface area (Å²) in [5, 5.41) is 0. The maximum absolute atomic E-state index is 12.9. The minimum Gasteiger partial charge on any atom is -0.462 e. The third-order valence-electron chi connectivity index (χ3n) is 13.1. The lowest BCUT2D eigenvalue weighted by molar-refractivity contribution is -0.167. The predicted molar refractivity (Wildman–Crippen MR) is 357 cm³/mol. The average molecular weight is 1130 g/mol. The number of esters is 3. The molecule has 0 aromatic heterocycles. The van der Waals surface area contributed by atoms with E-state index in [9.17, 15) is 14.4 Å². The first-order chi connectivity index (χ1) is 40.5. The highest BCUT2D eigenvalue weighted by Crippen LogP contribution is 2.14. The van der Waals surface area contributed by atoms with Gasteiger partial charge in [0.2, 0.25) is 0 Å². The summed E-state index contributed by atoms with van der Waals surface area (Å²) < 4.78 is 16.9. The number of hydrogen-bond acceptors (Lipinski definition) is 6. The van der Waals surface area contributed by atoms with Crippen molar-refractivity contribution < 1.29 is 28.6 Å². The summed E-state index contributed by atoms with van der Waals surface area (Å²) in [6.45, 7) is 6.30. The summed E-state index contributed by atoms with van der Waals surface area (Å²) in [4.78, 5) is 38.3. The summed E-state index contributed by atoms with van der Waals surface area (Å²) in [5.74, 6) is -1.00. The number of rotatable bonds is 57. The Morgan fingerprint density at radius 2 is 0.488 bits per heavy atom. The molecule has 458 valence electrons. The number of ether oxygens (including phenoxy) is 3. The maximum Gasteiger partial charge on any atom is 0.306 e. The van der Waals surface area contributed by atoms with Gasteiger partial charge in [-0.1, -0.05) is 274 Å². The summed E-state index contributed by atoms with van der Waals surface area (Å²) in [7, 11) is 0. The van der Waals surface area contributed by atoms with Crippen molar-refractivity contribution in [2.24, 2.45) is 0 Å². The molecule has 0 rings (SSSR count). The van der Waals surface area contributed by atoms with Gasteiger partial charge >= 0.3 is 17.9 Å². The van der Waals surface area contributed by atoms with E-state index < -0.39 is 6.10 Å². The van der Waals surface area contributed by atoms with E-state index in [-0.39, 0.29) is 37.5 Å². The van der Waals surface area contributed by atoms with Gasteiger partial charge in [-0.3, -0.25) is 14.4 Å². The highest BCUT2D eigenvalue weighted by molar-refractivity contribution is 5.71. The molecule has 6 heteroatoms. The number of carbonyl (C=O) groups excluding carboxylic acids is 3. The number of hydrogen-bond donors (Lipinski definition) is 0. The Morgan fingerprint density at radius 3 is 0.793 bits per heavy atom. The molecule has 0 bridgehead atoms. The lowest BCUT2D eigenvalue weighted by Crippen LogP contribution is -2.30. The lowest BCUT2D eigenvalue weighted by Gasteiger charge is -2.18. The molecule has 0 aromatic rings. The van der Waals surface area contributed by atoms with Gasteiger partial charge < -0.3 is 14.2 Å². The molecular weight excluding hydrogens is 1010 g/mol. The molecule has 6 nitrogen and oxygen atoms in total. The van der Waals surface area contributed by atoms with Gasteiger partial charge in [-0.25, -0.2) is 0 Å². The number of carbonyl (C=O) groups is 3. The molecule has 0 saturated heterocycles. The monoisotopic (exact) mass is 1130 g/mol. The van der Waals surface area contributed by atoms with E-state index in [2.05, 4.69) is 203 Å². The fourth-order valence-corrected chi connectivity index (χ4v) is 8.27. The maximum atomic E-state index is 12.9. The van der Waals surface area contributed by atoms with Crippen molar-refractivity contribution in [1.82, 2.24) is 0 Å². The lowest BCUT2D eigenvalue weighted by atomic mass is 10.1. The first kappa shape index (κ1) is 76.5. The fourth-order valence-electron chi connectivity index (χ4n) is 8.27. The van der Waals surface area contributed by atoms with Gasteiger partial charge in [0.15, 0.2) is 6.10 Å². The Kier molecular flexibility index (Phi) is 63.5. The van der Waals surface area contributed by atoms with Crippen molar-refractivity contribution in [2.45, 2.75) is 264 Å². The van der Waals surface area contributed by atoms with Crippen LogP contribution in [-0.4, -0.2) is 37.2 Å². The van der Waals surface area contributed by atoms with Crippen molar-refractivity contribution in [3.8, 4) is 0 Å². The Hall–Kier alpha value is -5.49. The summed E-state index contributed by atoms with van der Waals surface area (Å²) >= 11 is 0. The first-order valence-corrected chi connectivity index (χ1v) is 32.8. The molecule has 82 heavy (non-hydrogen) atoms. The van der Waals surface area contributed by atoms with Crippen LogP contribution in [0, 0.1) is 0 Å². The topological polar surface area (TPSA) is 78.9 Å². The minimum absolute atomic E-state index is 0.115. The van der Waals surface area contributed by atoms with E-state index in [4.69, 9.17) is 14.2 Å². The van der Waals surface area contributed by atoms with Gasteiger partial charge in [-0.2, -0.15) is 0 Å². The molecule has 1 unspecified atom stereocenters. The SMILES string of the molecule is CC/C=C\C/C=C\C/C=C\C/C=C\C/C=C\C/C=C\C/C=C\C/C=C\C/C=C\CCCC(=O)OCC(COC(=O)CCCCCCC/C=C\C/C=C\CCCC)OC(=O)CCCCCCCCCC/C=C\C/C=C\C/C=C\C/C=C\CC. The summed E-state index contributed by atoms with van der Waals surface area (Å²) in [6.07, 6.45) is 102. The molecule has 0 fully saturated rings. The standard InChI is InChI=1S/C76H118O6/c1-4-7-10-13-16-19-22-25-28-30-32-34-35-36-37-38-39-40-41-43-44-46-48-51-54-57-60-63-66-69-75(78)81-72-73(71-80-74(77)68-65-62-59-56-53-50-27-24-21-18-15-12-9-6-3)82-76(79)70-67-64-61-58-55-52-49-47-45-42-33-31-29-26-23-20-17-14-11-8-5-2/h7-8,10-11,15-20,24-29,32-34,36-37,39-40,42-44,48,51,57,60,73H,4-6,9,12-14,21-23,30-31,35,38,41,45-47,49-50,52-56,58-59,61-72H2,1-3H3/b10-7-,11-8-,18-15-,19-16-,20-17-,27-24-,28-25-,29-26-,34-32-,37-36-,40-39-,42-33-,44-43-,51-48-,60-57-. The normalized spacial score (nSPS) is 13.4. The second-order valence-electron chi connectivity index (χ2n) is 20.9. The van der Waals surface area contributed by atoms with Crippen LogP contribution in [0.15, 0.2) is 182 Å². The van der Waals surface area contributed by atoms with Crippen LogP contribution in [0.1, 0.15) is 258 Å². The van der Waals surface area contributed by atoms with Crippen molar-refractivity contribution in [1.29, 1.82) is 0 Å². The minimum atomic E-state index is -0.824. The zero-order chi connectivity index (χ0) is 59.2. The molecule has 0 aliphatic rings. The first-order valence-electron chi connectivity index (χ1n) is 32.8. The Bertz CT molecular complexity index is 1920. The third kappa shape index (κ3) is 65.3. The molecular formula is C76H118O6. The van der Waals surface area contributed by atoms with E-state index in [1.165, 1.54) is 51.4 Å². The predicted octanol–water partition coefficient (Wildman–Crippen LogP) is 22.8. The molecule has 0 saturated carbocycles. The van der Waals surface area contributed by atoms with Crippen molar-refractivity contribution in [3.05, 3.63) is 182 Å². The number of allylic oxidation sites excluding steroid dienone is 30. The molecule has 0 N–H and O–H groups in total. The van der Waals surface area contributed by atoms with Crippen LogP contribution >= 0.6 is 0 Å². The fraction of sp³-hybridized carbons (Fsp3) is 0.566. The molecule has 0 aromatic carbocycles. The van der Waals surface area contributed by atoms with Gasteiger partial charge in [0.1, 0.15) is 13.2 Å². The summed E-state index contributed by atoms with van der Waals surface area (Å²) in [6, 6.07) is 0. The largest absolute Gasteiger partial charge is 0.462 e. The number of unbranched alkanes of at least 4 members (excludes halogenated alkanes) is 16. The third-order valence-corrected chi connectivity index (χ3v) is 13.1. The zero-order valence-electron chi connectivity index (χ0n) is 52.4. The molecule has 0 amide bonds. The Labute approximate surface area is 504 Å². The van der Waals surface area contributed by atoms with E-state index in [0.717, 1.165) is 161 Å². The van der Waals surface area contributed by atoms with Gasteiger partial charge in [0.05, 0.1) is 0 Å². The zero-order valence-corrected chi connectivity index (χ0v) is 52.4. The second kappa shape index (κ2) is 68.0. The van der Waals surface area contributed by atoms with E-state index in [0.29, 0.717) is 19.3 Å². The molecule has 0 radical (unpaired) electrons. The van der Waals surface area contributed by atoms with Crippen LogP contribution in [0.2, 0.25) is 0 Å². The molecule has 0 aliphatic heterocycles. The molecule has 1 atom stereocenters. The van der Waals surface area contributed by atoms with Gasteiger partial charge in [-0.15, -0.1) is 0 Å². The molecule has 0 aliphatic carbocycles. The quantitative estimate of drug-likeness (QED) is 0.0261. The second-order valence-corrected chi connectivity index (χ2v) is 20.9. The molecule has 0 heterocycles. The van der Waals surface area contributed by atoms with E-state index in [1.807, 2.05) is 0 Å². The molecule has 0 spiro atoms. The summed E-state index contributed by atoms with van der Waals surface area (Å²) in [5.41, 5.74) is 0.